The number of anilines is 1. The van der Waals surface area contributed by atoms with Gasteiger partial charge in [-0.25, -0.2) is 0 Å². The average molecular weight is 418 g/mol. The Bertz CT molecular complexity index is 1090. The molecule has 3 heterocycles. The van der Waals surface area contributed by atoms with Crippen molar-refractivity contribution in [2.45, 2.75) is 44.2 Å². The summed E-state index contributed by atoms with van der Waals surface area (Å²) in [6, 6.07) is 15.6. The molecule has 1 aromatic heterocycles. The Labute approximate surface area is 181 Å². The molecule has 6 heteroatoms. The summed E-state index contributed by atoms with van der Waals surface area (Å²) in [5.41, 5.74) is 3.54. The van der Waals surface area contributed by atoms with Crippen LogP contribution >= 0.6 is 0 Å². The van der Waals surface area contributed by atoms with Crippen LogP contribution < -0.4 is 16.0 Å². The molecular formula is C25H27N3O3. The van der Waals surface area contributed by atoms with Crippen LogP contribution in [0, 0.1) is 0 Å². The molecule has 2 aromatic carbocycles. The first kappa shape index (κ1) is 20.0. The van der Waals surface area contributed by atoms with Crippen molar-refractivity contribution >= 4 is 28.3 Å². The number of hydrogen-bond acceptors (Lipinski definition) is 5. The van der Waals surface area contributed by atoms with Crippen LogP contribution in [0.25, 0.3) is 22.3 Å². The number of rotatable bonds is 6. The van der Waals surface area contributed by atoms with E-state index in [1.54, 1.807) is 0 Å². The van der Waals surface area contributed by atoms with Crippen molar-refractivity contribution in [3.05, 3.63) is 54.1 Å². The van der Waals surface area contributed by atoms with Crippen molar-refractivity contribution in [3.8, 4) is 11.3 Å². The number of nitrogens with one attached hydrogen (secondary N) is 3. The molecule has 2 saturated heterocycles. The Kier molecular flexibility index (Phi) is 5.57. The summed E-state index contributed by atoms with van der Waals surface area (Å²) in [5.74, 6) is 1.04. The molecule has 6 nitrogen and oxygen atoms in total. The van der Waals surface area contributed by atoms with E-state index in [4.69, 9.17) is 4.42 Å². The van der Waals surface area contributed by atoms with E-state index in [2.05, 4.69) is 16.0 Å². The molecule has 0 spiro atoms. The molecule has 3 aromatic rings. The second-order valence-electron chi connectivity index (χ2n) is 8.49. The number of fused-ring (bicyclic) bond motifs is 1. The largest absolute Gasteiger partial charge is 0.456 e. The molecular weight excluding hydrogens is 390 g/mol. The van der Waals surface area contributed by atoms with Gasteiger partial charge >= 0.3 is 0 Å². The summed E-state index contributed by atoms with van der Waals surface area (Å²) in [4.78, 5) is 24.7. The summed E-state index contributed by atoms with van der Waals surface area (Å²) >= 11 is 0. The predicted molar refractivity (Wildman–Crippen MR) is 121 cm³/mol. The second-order valence-corrected chi connectivity index (χ2v) is 8.49. The molecule has 2 fully saturated rings. The van der Waals surface area contributed by atoms with Crippen molar-refractivity contribution < 1.29 is 14.0 Å². The third kappa shape index (κ3) is 4.40. The van der Waals surface area contributed by atoms with Gasteiger partial charge in [-0.15, -0.1) is 0 Å². The van der Waals surface area contributed by atoms with E-state index in [1.165, 1.54) is 0 Å². The number of carbonyl (C=O) groups is 2. The van der Waals surface area contributed by atoms with Crippen LogP contribution in [0.5, 0.6) is 0 Å². The van der Waals surface area contributed by atoms with E-state index in [1.807, 2.05) is 48.5 Å². The molecule has 31 heavy (non-hydrogen) atoms. The number of hydrogen-bond donors (Lipinski definition) is 3. The molecule has 1 amide bonds. The number of furan rings is 1. The highest BCUT2D eigenvalue weighted by molar-refractivity contribution is 5.95. The first-order chi connectivity index (χ1) is 15.2. The number of amides is 1. The highest BCUT2D eigenvalue weighted by Gasteiger charge is 2.23. The standard InChI is InChI=1S/C25H27N3O3/c29-22(20-3-1-11-26-20)14-16-5-10-23-18(13-16)15-24(31-23)17-6-8-19(9-7-17)28-25(30)21-4-2-12-27-21/h5-10,13,15,20-21,26-27H,1-4,11-12,14H2,(H,28,30)/t20-,21-/m0/s1. The molecule has 3 N–H and O–H groups in total. The fourth-order valence-corrected chi connectivity index (χ4v) is 4.48. The topological polar surface area (TPSA) is 83.4 Å². The monoisotopic (exact) mass is 417 g/mol. The third-order valence-electron chi connectivity index (χ3n) is 6.22. The van der Waals surface area contributed by atoms with E-state index < -0.39 is 0 Å². The second kappa shape index (κ2) is 8.65. The summed E-state index contributed by atoms with van der Waals surface area (Å²) in [5, 5.41) is 10.4. The van der Waals surface area contributed by atoms with Crippen molar-refractivity contribution in [1.82, 2.24) is 10.6 Å². The zero-order chi connectivity index (χ0) is 21.2. The maximum Gasteiger partial charge on any atom is 0.241 e. The van der Waals surface area contributed by atoms with E-state index in [9.17, 15) is 9.59 Å². The first-order valence-electron chi connectivity index (χ1n) is 11.1. The molecule has 0 unspecified atom stereocenters. The molecule has 0 radical (unpaired) electrons. The van der Waals surface area contributed by atoms with Crippen LogP contribution in [0.4, 0.5) is 5.69 Å². The van der Waals surface area contributed by atoms with Crippen molar-refractivity contribution in [1.29, 1.82) is 0 Å². The number of carbonyl (C=O) groups excluding carboxylic acids is 2. The molecule has 2 aliphatic heterocycles. The van der Waals surface area contributed by atoms with Gasteiger partial charge in [0.15, 0.2) is 5.78 Å². The van der Waals surface area contributed by atoms with Gasteiger partial charge < -0.3 is 20.4 Å². The van der Waals surface area contributed by atoms with Gasteiger partial charge in [0.2, 0.25) is 5.91 Å². The maximum atomic E-state index is 12.5. The Morgan fingerprint density at radius 1 is 0.935 bits per heavy atom. The molecule has 0 aliphatic carbocycles. The Morgan fingerprint density at radius 2 is 1.68 bits per heavy atom. The van der Waals surface area contributed by atoms with Crippen LogP contribution in [0.15, 0.2) is 52.9 Å². The Balaban J connectivity index is 1.28. The molecule has 0 bridgehead atoms. The van der Waals surface area contributed by atoms with E-state index in [0.717, 1.165) is 72.3 Å². The maximum absolute atomic E-state index is 12.5. The molecule has 5 rings (SSSR count). The number of Topliss-reactive ketones (excluding diaryl/α,β-unsaturated/α-hetero) is 1. The van der Waals surface area contributed by atoms with Gasteiger partial charge in [-0.3, -0.25) is 9.59 Å². The summed E-state index contributed by atoms with van der Waals surface area (Å²) in [6.45, 7) is 1.83. The van der Waals surface area contributed by atoms with Crippen LogP contribution in [-0.2, 0) is 16.0 Å². The van der Waals surface area contributed by atoms with Gasteiger partial charge in [-0.1, -0.05) is 6.07 Å². The smallest absolute Gasteiger partial charge is 0.241 e. The lowest BCUT2D eigenvalue weighted by molar-refractivity contribution is -0.120. The van der Waals surface area contributed by atoms with Gasteiger partial charge in [0.25, 0.3) is 0 Å². The first-order valence-corrected chi connectivity index (χ1v) is 11.1. The third-order valence-corrected chi connectivity index (χ3v) is 6.22. The normalized spacial score (nSPS) is 20.9. The predicted octanol–water partition coefficient (Wildman–Crippen LogP) is 3.65. The zero-order valence-corrected chi connectivity index (χ0v) is 17.4. The summed E-state index contributed by atoms with van der Waals surface area (Å²) in [6.07, 6.45) is 4.37. The van der Waals surface area contributed by atoms with Crippen LogP contribution in [0.3, 0.4) is 0 Å². The van der Waals surface area contributed by atoms with Crippen molar-refractivity contribution in [2.75, 3.05) is 18.4 Å². The average Bonchev–Trinajstić information content (AvgIpc) is 3.55. The van der Waals surface area contributed by atoms with Crippen molar-refractivity contribution in [3.63, 3.8) is 0 Å². The molecule has 160 valence electrons. The quantitative estimate of drug-likeness (QED) is 0.570. The summed E-state index contributed by atoms with van der Waals surface area (Å²) in [7, 11) is 0. The lowest BCUT2D eigenvalue weighted by Gasteiger charge is -2.11. The number of benzene rings is 2. The number of ketones is 1. The molecule has 2 atom stereocenters. The Morgan fingerprint density at radius 3 is 2.39 bits per heavy atom. The summed E-state index contributed by atoms with van der Waals surface area (Å²) < 4.78 is 6.02. The minimum Gasteiger partial charge on any atom is -0.456 e. The highest BCUT2D eigenvalue weighted by Crippen LogP contribution is 2.29. The van der Waals surface area contributed by atoms with E-state index in [-0.39, 0.29) is 23.8 Å². The molecule has 0 saturated carbocycles. The zero-order valence-electron chi connectivity index (χ0n) is 17.4. The van der Waals surface area contributed by atoms with E-state index >= 15 is 0 Å². The minimum absolute atomic E-state index is 0.000867. The lowest BCUT2D eigenvalue weighted by Crippen LogP contribution is -2.35. The van der Waals surface area contributed by atoms with Gasteiger partial charge in [-0.05, 0) is 86.8 Å². The SMILES string of the molecule is O=C(Cc1ccc2oc(-c3ccc(NC(=O)[C@@H]4CCCN4)cc3)cc2c1)[C@@H]1CCCN1. The highest BCUT2D eigenvalue weighted by atomic mass is 16.3. The lowest BCUT2D eigenvalue weighted by atomic mass is 10.0. The van der Waals surface area contributed by atoms with Crippen LogP contribution in [0.1, 0.15) is 31.2 Å². The fourth-order valence-electron chi connectivity index (χ4n) is 4.48. The van der Waals surface area contributed by atoms with E-state index in [0.29, 0.717) is 6.42 Å². The van der Waals surface area contributed by atoms with Gasteiger partial charge in [0.05, 0.1) is 12.1 Å². The van der Waals surface area contributed by atoms with Crippen LogP contribution in [0.2, 0.25) is 0 Å². The minimum atomic E-state index is -0.0967. The van der Waals surface area contributed by atoms with Crippen LogP contribution in [-0.4, -0.2) is 36.9 Å². The Hall–Kier alpha value is -2.96. The fraction of sp³-hybridized carbons (Fsp3) is 0.360. The van der Waals surface area contributed by atoms with Gasteiger partial charge in [0.1, 0.15) is 11.3 Å². The van der Waals surface area contributed by atoms with Crippen molar-refractivity contribution in [2.24, 2.45) is 0 Å². The van der Waals surface area contributed by atoms with Gasteiger partial charge in [0, 0.05) is 23.1 Å². The molecule has 2 aliphatic rings. The van der Waals surface area contributed by atoms with Gasteiger partial charge in [-0.2, -0.15) is 0 Å².